The van der Waals surface area contributed by atoms with Gasteiger partial charge >= 0.3 is 0 Å². The molecule has 32 heavy (non-hydrogen) atoms. The third-order valence-corrected chi connectivity index (χ3v) is 7.01. The molecular formula is C30H52N2. The van der Waals surface area contributed by atoms with Crippen molar-refractivity contribution in [2.24, 2.45) is 0 Å². The van der Waals surface area contributed by atoms with E-state index in [-0.39, 0.29) is 0 Å². The van der Waals surface area contributed by atoms with Crippen molar-refractivity contribution in [2.75, 3.05) is 11.4 Å². The van der Waals surface area contributed by atoms with Gasteiger partial charge < -0.3 is 9.80 Å². The molecule has 1 aliphatic heterocycles. The molecule has 0 spiro atoms. The van der Waals surface area contributed by atoms with E-state index in [9.17, 15) is 0 Å². The van der Waals surface area contributed by atoms with Gasteiger partial charge in [0.15, 0.2) is 0 Å². The van der Waals surface area contributed by atoms with Gasteiger partial charge in [0.1, 0.15) is 6.17 Å². The number of nitrogens with zero attached hydrogens (tertiary/aromatic N) is 2. The van der Waals surface area contributed by atoms with E-state index in [0.29, 0.717) is 6.17 Å². The zero-order valence-electron chi connectivity index (χ0n) is 21.4. The van der Waals surface area contributed by atoms with Crippen LogP contribution in [-0.2, 0) is 0 Å². The minimum atomic E-state index is 0.506. The normalized spacial score (nSPS) is 15.8. The molecule has 1 heterocycles. The van der Waals surface area contributed by atoms with E-state index in [4.69, 9.17) is 0 Å². The topological polar surface area (TPSA) is 6.48 Å². The van der Waals surface area contributed by atoms with Crippen molar-refractivity contribution in [1.29, 1.82) is 0 Å². The summed E-state index contributed by atoms with van der Waals surface area (Å²) in [6, 6.07) is 10.9. The molecule has 0 N–H and O–H groups in total. The van der Waals surface area contributed by atoms with Gasteiger partial charge in [0.2, 0.25) is 0 Å². The number of hydrogen-bond donors (Lipinski definition) is 0. The Morgan fingerprint density at radius 2 is 1.06 bits per heavy atom. The van der Waals surface area contributed by atoms with Crippen LogP contribution >= 0.6 is 0 Å². The molecule has 0 bridgehead atoms. The molecule has 2 rings (SSSR count). The van der Waals surface area contributed by atoms with E-state index in [1.807, 2.05) is 0 Å². The third-order valence-electron chi connectivity index (χ3n) is 7.01. The quantitative estimate of drug-likeness (QED) is 0.186. The predicted octanol–water partition coefficient (Wildman–Crippen LogP) is 9.67. The maximum absolute atomic E-state index is 2.61. The van der Waals surface area contributed by atoms with Gasteiger partial charge in [-0.05, 0) is 31.4 Å². The lowest BCUT2D eigenvalue weighted by Gasteiger charge is -2.33. The molecule has 0 saturated heterocycles. The van der Waals surface area contributed by atoms with Crippen LogP contribution in [0.1, 0.15) is 129 Å². The second-order valence-electron chi connectivity index (χ2n) is 9.85. The average Bonchev–Trinajstić information content (AvgIpc) is 3.23. The minimum Gasteiger partial charge on any atom is -0.356 e. The van der Waals surface area contributed by atoms with Crippen LogP contribution in [0.25, 0.3) is 0 Å². The molecule has 182 valence electrons. The number of anilines is 1. The van der Waals surface area contributed by atoms with Crippen LogP contribution in [0.3, 0.4) is 0 Å². The Morgan fingerprint density at radius 3 is 1.62 bits per heavy atom. The molecule has 1 unspecified atom stereocenters. The monoisotopic (exact) mass is 440 g/mol. The third kappa shape index (κ3) is 10.9. The maximum Gasteiger partial charge on any atom is 0.105 e. The van der Waals surface area contributed by atoms with E-state index in [2.05, 4.69) is 66.4 Å². The van der Waals surface area contributed by atoms with Crippen molar-refractivity contribution in [3.63, 3.8) is 0 Å². The molecule has 1 aromatic carbocycles. The molecule has 1 atom stereocenters. The summed E-state index contributed by atoms with van der Waals surface area (Å²) in [5.41, 5.74) is 1.33. The fraction of sp³-hybridized carbons (Fsp3) is 0.733. The summed E-state index contributed by atoms with van der Waals surface area (Å²) < 4.78 is 0. The van der Waals surface area contributed by atoms with Gasteiger partial charge in [-0.1, -0.05) is 128 Å². The van der Waals surface area contributed by atoms with Crippen molar-refractivity contribution < 1.29 is 0 Å². The molecule has 1 aromatic rings. The molecule has 0 aliphatic carbocycles. The Morgan fingerprint density at radius 1 is 0.562 bits per heavy atom. The minimum absolute atomic E-state index is 0.506. The van der Waals surface area contributed by atoms with E-state index in [0.717, 1.165) is 0 Å². The first-order valence-corrected chi connectivity index (χ1v) is 14.1. The van der Waals surface area contributed by atoms with Crippen LogP contribution in [-0.4, -0.2) is 17.6 Å². The Labute approximate surface area is 200 Å². The van der Waals surface area contributed by atoms with E-state index >= 15 is 0 Å². The van der Waals surface area contributed by atoms with Crippen molar-refractivity contribution in [1.82, 2.24) is 4.90 Å². The van der Waals surface area contributed by atoms with Crippen LogP contribution < -0.4 is 4.90 Å². The maximum atomic E-state index is 2.61. The Hall–Kier alpha value is -1.44. The SMILES string of the molecule is CCCCCCCCCCCCCCN1C=CN(c2ccccc2)C1CCCCCCC. The zero-order valence-corrected chi connectivity index (χ0v) is 21.4. The number of rotatable bonds is 20. The van der Waals surface area contributed by atoms with Crippen molar-refractivity contribution in [3.8, 4) is 0 Å². The molecule has 0 saturated carbocycles. The number of hydrogen-bond acceptors (Lipinski definition) is 2. The summed E-state index contributed by atoms with van der Waals surface area (Å²) in [7, 11) is 0. The van der Waals surface area contributed by atoms with Crippen molar-refractivity contribution >= 4 is 5.69 Å². The smallest absolute Gasteiger partial charge is 0.105 e. The van der Waals surface area contributed by atoms with Gasteiger partial charge in [-0.2, -0.15) is 0 Å². The summed E-state index contributed by atoms with van der Waals surface area (Å²) >= 11 is 0. The van der Waals surface area contributed by atoms with Gasteiger partial charge in [0, 0.05) is 24.6 Å². The van der Waals surface area contributed by atoms with Crippen molar-refractivity contribution in [2.45, 2.75) is 136 Å². The Balaban J connectivity index is 1.62. The molecule has 0 fully saturated rings. The summed E-state index contributed by atoms with van der Waals surface area (Å²) in [6.45, 7) is 5.80. The molecule has 0 aromatic heterocycles. The highest BCUT2D eigenvalue weighted by Crippen LogP contribution is 2.28. The lowest BCUT2D eigenvalue weighted by molar-refractivity contribution is 0.273. The zero-order chi connectivity index (χ0) is 22.7. The van der Waals surface area contributed by atoms with E-state index in [1.165, 1.54) is 128 Å². The van der Waals surface area contributed by atoms with Crippen LogP contribution in [0.5, 0.6) is 0 Å². The lowest BCUT2D eigenvalue weighted by Crippen LogP contribution is -2.39. The number of unbranched alkanes of at least 4 members (excludes halogenated alkanes) is 15. The first-order chi connectivity index (χ1) is 15.9. The van der Waals surface area contributed by atoms with Gasteiger partial charge in [-0.3, -0.25) is 0 Å². The molecule has 1 aliphatic rings. The van der Waals surface area contributed by atoms with Gasteiger partial charge in [0.05, 0.1) is 0 Å². The first-order valence-electron chi connectivity index (χ1n) is 14.1. The summed E-state index contributed by atoms with van der Waals surface area (Å²) in [5.74, 6) is 0. The fourth-order valence-electron chi connectivity index (χ4n) is 4.97. The van der Waals surface area contributed by atoms with Crippen LogP contribution in [0.4, 0.5) is 5.69 Å². The number of para-hydroxylation sites is 1. The number of benzene rings is 1. The average molecular weight is 441 g/mol. The van der Waals surface area contributed by atoms with Gasteiger partial charge in [-0.25, -0.2) is 0 Å². The second kappa shape index (κ2) is 18.0. The standard InChI is InChI=1S/C30H52N2/c1-3-5-7-9-10-11-12-13-14-15-17-22-26-31-27-28-32(29-23-19-18-20-24-29)30(31)25-21-16-8-6-4-2/h18-20,23-24,27-28,30H,3-17,21-22,25-26H2,1-2H3. The summed E-state index contributed by atoms with van der Waals surface area (Å²) in [4.78, 5) is 5.11. The fourth-order valence-corrected chi connectivity index (χ4v) is 4.97. The van der Waals surface area contributed by atoms with E-state index < -0.39 is 0 Å². The molecule has 0 radical (unpaired) electrons. The Kier molecular flexibility index (Phi) is 15.1. The molecular weight excluding hydrogens is 388 g/mol. The molecule has 2 heteroatoms. The highest BCUT2D eigenvalue weighted by atomic mass is 15.4. The molecule has 0 amide bonds. The van der Waals surface area contributed by atoms with Crippen LogP contribution in [0.2, 0.25) is 0 Å². The van der Waals surface area contributed by atoms with Crippen LogP contribution in [0, 0.1) is 0 Å². The molecule has 2 nitrogen and oxygen atoms in total. The highest BCUT2D eigenvalue weighted by Gasteiger charge is 2.26. The largest absolute Gasteiger partial charge is 0.356 e. The predicted molar refractivity (Wildman–Crippen MR) is 143 cm³/mol. The highest BCUT2D eigenvalue weighted by molar-refractivity contribution is 5.51. The summed E-state index contributed by atoms with van der Waals surface area (Å²) in [5, 5.41) is 0. The lowest BCUT2D eigenvalue weighted by atomic mass is 10.1. The van der Waals surface area contributed by atoms with Crippen molar-refractivity contribution in [3.05, 3.63) is 42.7 Å². The van der Waals surface area contributed by atoms with Crippen LogP contribution in [0.15, 0.2) is 42.7 Å². The summed E-state index contributed by atoms with van der Waals surface area (Å²) in [6.07, 6.45) is 30.3. The Bertz CT molecular complexity index is 567. The second-order valence-corrected chi connectivity index (χ2v) is 9.85. The van der Waals surface area contributed by atoms with E-state index in [1.54, 1.807) is 0 Å². The van der Waals surface area contributed by atoms with Gasteiger partial charge in [-0.15, -0.1) is 0 Å². The van der Waals surface area contributed by atoms with Gasteiger partial charge in [0.25, 0.3) is 0 Å². The first kappa shape index (κ1) is 26.8.